The molecule has 1 aliphatic heterocycles. The van der Waals surface area contributed by atoms with E-state index < -0.39 is 0 Å². The first-order chi connectivity index (χ1) is 11.0. The van der Waals surface area contributed by atoms with E-state index in [0.29, 0.717) is 12.5 Å². The number of carbonyl (C=O) groups excluding carboxylic acids is 2. The number of benzene rings is 1. The summed E-state index contributed by atoms with van der Waals surface area (Å²) in [6.07, 6.45) is 1.66. The van der Waals surface area contributed by atoms with Gasteiger partial charge in [-0.15, -0.1) is 0 Å². The molecule has 1 fully saturated rings. The highest BCUT2D eigenvalue weighted by atomic mass is 16.2. The van der Waals surface area contributed by atoms with Crippen LogP contribution in [0.2, 0.25) is 0 Å². The van der Waals surface area contributed by atoms with E-state index in [1.165, 1.54) is 0 Å². The van der Waals surface area contributed by atoms with E-state index in [4.69, 9.17) is 0 Å². The molecule has 0 unspecified atom stereocenters. The molecule has 4 nitrogen and oxygen atoms in total. The van der Waals surface area contributed by atoms with Gasteiger partial charge >= 0.3 is 0 Å². The molecule has 1 heterocycles. The van der Waals surface area contributed by atoms with Crippen molar-refractivity contribution in [3.05, 3.63) is 35.9 Å². The molecule has 0 saturated carbocycles. The maximum absolute atomic E-state index is 12.5. The number of hydrogen-bond acceptors (Lipinski definition) is 3. The number of Topliss-reactive ketones (excluding diaryl/α,β-unsaturated/α-hetero) is 1. The number of piperidine rings is 1. The summed E-state index contributed by atoms with van der Waals surface area (Å²) in [5, 5.41) is 2.99. The first kappa shape index (κ1) is 17.7. The molecule has 4 heteroatoms. The lowest BCUT2D eigenvalue weighted by molar-refractivity contribution is -0.126. The Hall–Kier alpha value is -1.68. The minimum absolute atomic E-state index is 0.0829. The van der Waals surface area contributed by atoms with Crippen molar-refractivity contribution in [1.82, 2.24) is 10.2 Å². The first-order valence-electron chi connectivity index (χ1n) is 8.60. The highest BCUT2D eigenvalue weighted by Crippen LogP contribution is 2.23. The Kier molecular flexibility index (Phi) is 6.34. The molecule has 0 radical (unpaired) electrons. The number of nitrogens with one attached hydrogen (secondary N) is 1. The smallest absolute Gasteiger partial charge is 0.237 e. The SMILES string of the molecule is CC(C)CNC(=O)[C@@H](C)N1CCC(C(=O)c2ccccc2)CC1. The summed E-state index contributed by atoms with van der Waals surface area (Å²) < 4.78 is 0. The fraction of sp³-hybridized carbons (Fsp3) is 0.579. The summed E-state index contributed by atoms with van der Waals surface area (Å²) in [6, 6.07) is 9.39. The van der Waals surface area contributed by atoms with Crippen LogP contribution in [-0.4, -0.2) is 42.3 Å². The van der Waals surface area contributed by atoms with Crippen LogP contribution in [-0.2, 0) is 4.79 Å². The third-order valence-electron chi connectivity index (χ3n) is 4.57. The van der Waals surface area contributed by atoms with Crippen molar-refractivity contribution in [2.45, 2.75) is 39.7 Å². The standard InChI is InChI=1S/C19H28N2O2/c1-14(2)13-20-19(23)15(3)21-11-9-17(10-12-21)18(22)16-7-5-4-6-8-16/h4-8,14-15,17H,9-13H2,1-3H3,(H,20,23)/t15-/m1/s1. The Balaban J connectivity index is 1.83. The lowest BCUT2D eigenvalue weighted by atomic mass is 9.88. The van der Waals surface area contributed by atoms with E-state index in [2.05, 4.69) is 24.1 Å². The third-order valence-corrected chi connectivity index (χ3v) is 4.57. The predicted molar refractivity (Wildman–Crippen MR) is 92.4 cm³/mol. The Morgan fingerprint density at radius 3 is 2.30 bits per heavy atom. The molecule has 1 aliphatic rings. The molecule has 0 aromatic heterocycles. The largest absolute Gasteiger partial charge is 0.354 e. The van der Waals surface area contributed by atoms with Crippen molar-refractivity contribution in [1.29, 1.82) is 0 Å². The molecule has 1 atom stereocenters. The van der Waals surface area contributed by atoms with Gasteiger partial charge in [0.05, 0.1) is 6.04 Å². The number of carbonyl (C=O) groups is 2. The Labute approximate surface area is 139 Å². The van der Waals surface area contributed by atoms with Crippen molar-refractivity contribution in [3.8, 4) is 0 Å². The molecule has 0 spiro atoms. The van der Waals surface area contributed by atoms with E-state index in [9.17, 15) is 9.59 Å². The molecule has 0 aliphatic carbocycles. The second kappa shape index (κ2) is 8.25. The van der Waals surface area contributed by atoms with E-state index in [1.54, 1.807) is 0 Å². The Bertz CT molecular complexity index is 519. The molecule has 0 bridgehead atoms. The molecule has 1 N–H and O–H groups in total. The number of likely N-dealkylation sites (tertiary alicyclic amines) is 1. The number of amides is 1. The van der Waals surface area contributed by atoms with Crippen LogP contribution in [0.1, 0.15) is 44.0 Å². The minimum Gasteiger partial charge on any atom is -0.354 e. The fourth-order valence-electron chi connectivity index (χ4n) is 3.01. The van der Waals surface area contributed by atoms with Crippen LogP contribution in [0.25, 0.3) is 0 Å². The minimum atomic E-state index is -0.124. The summed E-state index contributed by atoms with van der Waals surface area (Å²) in [6.45, 7) is 8.46. The second-order valence-corrected chi connectivity index (χ2v) is 6.86. The van der Waals surface area contributed by atoms with Gasteiger partial charge in [0.15, 0.2) is 5.78 Å². The van der Waals surface area contributed by atoms with Gasteiger partial charge in [-0.25, -0.2) is 0 Å². The number of hydrogen-bond donors (Lipinski definition) is 1. The van der Waals surface area contributed by atoms with Crippen molar-refractivity contribution >= 4 is 11.7 Å². The predicted octanol–water partition coefficient (Wildman–Crippen LogP) is 2.74. The van der Waals surface area contributed by atoms with Crippen molar-refractivity contribution < 1.29 is 9.59 Å². The van der Waals surface area contributed by atoms with E-state index >= 15 is 0 Å². The number of ketones is 1. The summed E-state index contributed by atoms with van der Waals surface area (Å²) in [7, 11) is 0. The molecule has 126 valence electrons. The van der Waals surface area contributed by atoms with Crippen LogP contribution >= 0.6 is 0 Å². The molecular weight excluding hydrogens is 288 g/mol. The molecule has 23 heavy (non-hydrogen) atoms. The normalized spacial score (nSPS) is 17.9. The molecule has 1 aromatic rings. The topological polar surface area (TPSA) is 49.4 Å². The summed E-state index contributed by atoms with van der Waals surface area (Å²) in [4.78, 5) is 26.8. The molecule has 1 amide bonds. The third kappa shape index (κ3) is 4.90. The van der Waals surface area contributed by atoms with E-state index in [-0.39, 0.29) is 23.7 Å². The van der Waals surface area contributed by atoms with Gasteiger partial charge in [0.25, 0.3) is 0 Å². The zero-order valence-electron chi connectivity index (χ0n) is 14.4. The number of rotatable bonds is 6. The zero-order valence-corrected chi connectivity index (χ0v) is 14.4. The van der Waals surface area contributed by atoms with Crippen LogP contribution in [0.3, 0.4) is 0 Å². The highest BCUT2D eigenvalue weighted by Gasteiger charge is 2.29. The zero-order chi connectivity index (χ0) is 16.8. The van der Waals surface area contributed by atoms with Gasteiger partial charge in [0.1, 0.15) is 0 Å². The average molecular weight is 316 g/mol. The van der Waals surface area contributed by atoms with Gasteiger partial charge < -0.3 is 5.32 Å². The van der Waals surface area contributed by atoms with Crippen LogP contribution in [0.15, 0.2) is 30.3 Å². The first-order valence-corrected chi connectivity index (χ1v) is 8.60. The average Bonchev–Trinajstić information content (AvgIpc) is 2.59. The van der Waals surface area contributed by atoms with E-state index in [1.807, 2.05) is 37.3 Å². The van der Waals surface area contributed by atoms with Crippen LogP contribution in [0.5, 0.6) is 0 Å². The quantitative estimate of drug-likeness (QED) is 0.821. The summed E-state index contributed by atoms with van der Waals surface area (Å²) >= 11 is 0. The number of nitrogens with zero attached hydrogens (tertiary/aromatic N) is 1. The lowest BCUT2D eigenvalue weighted by Gasteiger charge is -2.34. The van der Waals surface area contributed by atoms with E-state index in [0.717, 1.165) is 31.5 Å². The summed E-state index contributed by atoms with van der Waals surface area (Å²) in [5.41, 5.74) is 0.800. The summed E-state index contributed by atoms with van der Waals surface area (Å²) in [5.74, 6) is 0.869. The lowest BCUT2D eigenvalue weighted by Crippen LogP contribution is -2.49. The van der Waals surface area contributed by atoms with Gasteiger partial charge in [-0.2, -0.15) is 0 Å². The fourth-order valence-corrected chi connectivity index (χ4v) is 3.01. The van der Waals surface area contributed by atoms with Gasteiger partial charge in [-0.3, -0.25) is 14.5 Å². The maximum Gasteiger partial charge on any atom is 0.237 e. The van der Waals surface area contributed by atoms with Crippen LogP contribution < -0.4 is 5.32 Å². The van der Waals surface area contributed by atoms with Crippen molar-refractivity contribution in [2.24, 2.45) is 11.8 Å². The second-order valence-electron chi connectivity index (χ2n) is 6.86. The molecule has 1 saturated heterocycles. The van der Waals surface area contributed by atoms with Crippen LogP contribution in [0.4, 0.5) is 0 Å². The highest BCUT2D eigenvalue weighted by molar-refractivity contribution is 5.97. The molecule has 1 aromatic carbocycles. The monoisotopic (exact) mass is 316 g/mol. The molecular formula is C19H28N2O2. The van der Waals surface area contributed by atoms with Crippen LogP contribution in [0, 0.1) is 11.8 Å². The van der Waals surface area contributed by atoms with Crippen molar-refractivity contribution in [3.63, 3.8) is 0 Å². The van der Waals surface area contributed by atoms with Crippen molar-refractivity contribution in [2.75, 3.05) is 19.6 Å². The van der Waals surface area contributed by atoms with Gasteiger partial charge in [-0.1, -0.05) is 44.2 Å². The Morgan fingerprint density at radius 1 is 1.13 bits per heavy atom. The molecule has 2 rings (SSSR count). The maximum atomic E-state index is 12.5. The van der Waals surface area contributed by atoms with Gasteiger partial charge in [-0.05, 0) is 38.8 Å². The van der Waals surface area contributed by atoms with Gasteiger partial charge in [0.2, 0.25) is 5.91 Å². The Morgan fingerprint density at radius 2 is 1.74 bits per heavy atom. The van der Waals surface area contributed by atoms with Gasteiger partial charge in [0, 0.05) is 18.0 Å².